The fraction of sp³-hybridized carbons (Fsp3) is 0.250. The quantitative estimate of drug-likeness (QED) is 0.427. The highest BCUT2D eigenvalue weighted by Gasteiger charge is 2.21. The minimum Gasteiger partial charge on any atom is -0.302 e. The average Bonchev–Trinajstić information content (AvgIpc) is 3.04. The van der Waals surface area contributed by atoms with Crippen molar-refractivity contribution in [3.8, 4) is 11.4 Å². The molecule has 26 heavy (non-hydrogen) atoms. The molecular formula is C20H20ClN3OS. The van der Waals surface area contributed by atoms with Gasteiger partial charge in [0, 0.05) is 22.7 Å². The van der Waals surface area contributed by atoms with Crippen LogP contribution in [0.4, 0.5) is 0 Å². The van der Waals surface area contributed by atoms with E-state index in [2.05, 4.69) is 10.2 Å². The Hall–Kier alpha value is -2.11. The summed E-state index contributed by atoms with van der Waals surface area (Å²) >= 11 is 7.40. The number of Topliss-reactive ketones (excluding diaryl/α,β-unsaturated/α-hetero) is 1. The number of carbonyl (C=O) groups excluding carboxylic acids is 1. The number of rotatable bonds is 6. The summed E-state index contributed by atoms with van der Waals surface area (Å²) in [5, 5.41) is 9.81. The Kier molecular flexibility index (Phi) is 5.79. The molecular weight excluding hydrogens is 366 g/mol. The first kappa shape index (κ1) is 18.7. The second kappa shape index (κ2) is 8.06. The molecule has 0 bridgehead atoms. The molecule has 0 amide bonds. The minimum atomic E-state index is -0.245. The summed E-state index contributed by atoms with van der Waals surface area (Å²) in [7, 11) is 0. The maximum atomic E-state index is 12.7. The molecule has 4 nitrogen and oxygen atoms in total. The molecule has 0 aliphatic heterocycles. The number of halogens is 1. The van der Waals surface area contributed by atoms with Gasteiger partial charge < -0.3 is 4.57 Å². The minimum absolute atomic E-state index is 0.0914. The molecule has 0 aliphatic rings. The monoisotopic (exact) mass is 385 g/mol. The van der Waals surface area contributed by atoms with Crippen LogP contribution in [-0.2, 0) is 6.54 Å². The Morgan fingerprint density at radius 1 is 1.12 bits per heavy atom. The zero-order chi connectivity index (χ0) is 18.7. The molecule has 1 heterocycles. The van der Waals surface area contributed by atoms with Gasteiger partial charge in [0.25, 0.3) is 0 Å². The van der Waals surface area contributed by atoms with E-state index in [1.54, 1.807) is 0 Å². The van der Waals surface area contributed by atoms with Gasteiger partial charge >= 0.3 is 0 Å². The van der Waals surface area contributed by atoms with Crippen molar-refractivity contribution in [2.24, 2.45) is 0 Å². The van der Waals surface area contributed by atoms with Crippen molar-refractivity contribution >= 4 is 29.1 Å². The first-order chi connectivity index (χ1) is 12.5. The molecule has 0 N–H and O–H groups in total. The van der Waals surface area contributed by atoms with Crippen LogP contribution in [0, 0.1) is 6.92 Å². The van der Waals surface area contributed by atoms with Gasteiger partial charge in [-0.05, 0) is 45.0 Å². The lowest BCUT2D eigenvalue weighted by atomic mass is 10.1. The van der Waals surface area contributed by atoms with Crippen molar-refractivity contribution in [3.63, 3.8) is 0 Å². The molecule has 6 heteroatoms. The number of aryl methyl sites for hydroxylation is 1. The van der Waals surface area contributed by atoms with Crippen molar-refractivity contribution < 1.29 is 4.79 Å². The van der Waals surface area contributed by atoms with E-state index < -0.39 is 0 Å². The number of nitrogens with zero attached hydrogens (tertiary/aromatic N) is 3. The summed E-state index contributed by atoms with van der Waals surface area (Å²) in [6.45, 7) is 6.68. The van der Waals surface area contributed by atoms with Crippen LogP contribution in [0.15, 0.2) is 53.7 Å². The van der Waals surface area contributed by atoms with Crippen molar-refractivity contribution in [2.75, 3.05) is 0 Å². The highest BCUT2D eigenvalue weighted by Crippen LogP contribution is 2.28. The highest BCUT2D eigenvalue weighted by molar-refractivity contribution is 8.00. The van der Waals surface area contributed by atoms with Crippen LogP contribution in [0.3, 0.4) is 0 Å². The Morgan fingerprint density at radius 3 is 2.38 bits per heavy atom. The summed E-state index contributed by atoms with van der Waals surface area (Å²) in [5.41, 5.74) is 2.81. The average molecular weight is 386 g/mol. The zero-order valence-electron chi connectivity index (χ0n) is 14.9. The molecule has 0 radical (unpaired) electrons. The first-order valence-electron chi connectivity index (χ1n) is 8.46. The molecule has 2 aromatic carbocycles. The third-order valence-electron chi connectivity index (χ3n) is 4.12. The Bertz CT molecular complexity index is 904. The topological polar surface area (TPSA) is 47.8 Å². The first-order valence-corrected chi connectivity index (χ1v) is 9.72. The third kappa shape index (κ3) is 4.00. The highest BCUT2D eigenvalue weighted by atomic mass is 35.5. The molecule has 0 spiro atoms. The van der Waals surface area contributed by atoms with E-state index in [1.165, 1.54) is 11.8 Å². The normalized spacial score (nSPS) is 12.2. The van der Waals surface area contributed by atoms with Crippen molar-refractivity contribution in [3.05, 3.63) is 64.7 Å². The van der Waals surface area contributed by atoms with Gasteiger partial charge in [0.05, 0.1) is 5.25 Å². The molecule has 0 saturated carbocycles. The van der Waals surface area contributed by atoms with Crippen LogP contribution in [0.1, 0.15) is 29.8 Å². The van der Waals surface area contributed by atoms with Gasteiger partial charge in [-0.25, -0.2) is 0 Å². The molecule has 3 aromatic rings. The SMILES string of the molecule is CCn1c(S[C@@H](C)C(=O)c2ccc(C)cc2)nnc1-c1ccc(Cl)cc1. The lowest BCUT2D eigenvalue weighted by Crippen LogP contribution is -2.14. The molecule has 134 valence electrons. The standard InChI is InChI=1S/C20H20ClN3OS/c1-4-24-19(16-9-11-17(21)12-10-16)22-23-20(24)26-14(3)18(25)15-7-5-13(2)6-8-15/h5-12,14H,4H2,1-3H3/t14-/m0/s1. The molecule has 0 aliphatic carbocycles. The molecule has 0 unspecified atom stereocenters. The van der Waals surface area contributed by atoms with E-state index >= 15 is 0 Å². The van der Waals surface area contributed by atoms with Gasteiger partial charge in [-0.15, -0.1) is 10.2 Å². The van der Waals surface area contributed by atoms with Crippen LogP contribution < -0.4 is 0 Å². The largest absolute Gasteiger partial charge is 0.302 e. The summed E-state index contributed by atoms with van der Waals surface area (Å²) in [5.74, 6) is 0.871. The smallest absolute Gasteiger partial charge is 0.192 e. The number of ketones is 1. The lowest BCUT2D eigenvalue weighted by Gasteiger charge is -2.12. The maximum Gasteiger partial charge on any atom is 0.192 e. The van der Waals surface area contributed by atoms with Gasteiger partial charge in [0.2, 0.25) is 0 Å². The fourth-order valence-electron chi connectivity index (χ4n) is 2.64. The number of hydrogen-bond donors (Lipinski definition) is 0. The van der Waals surface area contributed by atoms with Crippen molar-refractivity contribution in [1.29, 1.82) is 0 Å². The van der Waals surface area contributed by atoms with E-state index in [0.717, 1.165) is 34.2 Å². The van der Waals surface area contributed by atoms with Crippen LogP contribution in [-0.4, -0.2) is 25.8 Å². The summed E-state index contributed by atoms with van der Waals surface area (Å²) in [6, 6.07) is 15.2. The van der Waals surface area contributed by atoms with Crippen molar-refractivity contribution in [2.45, 2.75) is 37.7 Å². The predicted octanol–water partition coefficient (Wildman–Crippen LogP) is 5.29. The fourth-order valence-corrected chi connectivity index (χ4v) is 3.75. The molecule has 1 atom stereocenters. The number of benzene rings is 2. The van der Waals surface area contributed by atoms with Crippen molar-refractivity contribution in [1.82, 2.24) is 14.8 Å². The van der Waals surface area contributed by atoms with E-state index in [4.69, 9.17) is 11.6 Å². The lowest BCUT2D eigenvalue weighted by molar-refractivity contribution is 0.0994. The van der Waals surface area contributed by atoms with Crippen LogP contribution in [0.5, 0.6) is 0 Å². The summed E-state index contributed by atoms with van der Waals surface area (Å²) < 4.78 is 2.02. The summed E-state index contributed by atoms with van der Waals surface area (Å²) in [6.07, 6.45) is 0. The number of aromatic nitrogens is 3. The van der Waals surface area contributed by atoms with Gasteiger partial charge in [-0.2, -0.15) is 0 Å². The van der Waals surface area contributed by atoms with E-state index in [1.807, 2.05) is 73.9 Å². The van der Waals surface area contributed by atoms with Gasteiger partial charge in [0.15, 0.2) is 16.8 Å². The van der Waals surface area contributed by atoms with Gasteiger partial charge in [-0.3, -0.25) is 4.79 Å². The number of hydrogen-bond acceptors (Lipinski definition) is 4. The van der Waals surface area contributed by atoms with Crippen LogP contribution in [0.25, 0.3) is 11.4 Å². The van der Waals surface area contributed by atoms with Gasteiger partial charge in [-0.1, -0.05) is 53.2 Å². The van der Waals surface area contributed by atoms with E-state index in [9.17, 15) is 4.79 Å². The molecule has 3 rings (SSSR count). The molecule has 1 aromatic heterocycles. The Balaban J connectivity index is 1.82. The zero-order valence-corrected chi connectivity index (χ0v) is 16.5. The Labute approximate surface area is 162 Å². The summed E-state index contributed by atoms with van der Waals surface area (Å²) in [4.78, 5) is 12.7. The van der Waals surface area contributed by atoms with Crippen LogP contribution in [0.2, 0.25) is 5.02 Å². The Morgan fingerprint density at radius 2 is 1.77 bits per heavy atom. The molecule has 0 saturated heterocycles. The maximum absolute atomic E-state index is 12.7. The third-order valence-corrected chi connectivity index (χ3v) is 5.46. The van der Waals surface area contributed by atoms with E-state index in [0.29, 0.717) is 5.02 Å². The number of carbonyl (C=O) groups is 1. The second-order valence-corrected chi connectivity index (χ2v) is 7.79. The molecule has 0 fully saturated rings. The number of thioether (sulfide) groups is 1. The second-order valence-electron chi connectivity index (χ2n) is 6.05. The van der Waals surface area contributed by atoms with Gasteiger partial charge in [0.1, 0.15) is 0 Å². The predicted molar refractivity (Wildman–Crippen MR) is 107 cm³/mol. The van der Waals surface area contributed by atoms with E-state index in [-0.39, 0.29) is 11.0 Å². The van der Waals surface area contributed by atoms with Crippen LogP contribution >= 0.6 is 23.4 Å².